The fourth-order valence-corrected chi connectivity index (χ4v) is 2.72. The number of rotatable bonds is 3. The second-order valence-corrected chi connectivity index (χ2v) is 5.16. The van der Waals surface area contributed by atoms with E-state index in [4.69, 9.17) is 4.74 Å². The molecular weight excluding hydrogens is 174 g/mol. The van der Waals surface area contributed by atoms with E-state index in [0.717, 1.165) is 19.0 Å². The Bertz CT molecular complexity index is 189. The van der Waals surface area contributed by atoms with Crippen LogP contribution in [0.2, 0.25) is 0 Å². The lowest BCUT2D eigenvalue weighted by atomic mass is 9.84. The minimum Gasteiger partial charge on any atom is -0.369 e. The van der Waals surface area contributed by atoms with Crippen molar-refractivity contribution >= 4 is 0 Å². The van der Waals surface area contributed by atoms with Crippen molar-refractivity contribution in [2.45, 2.75) is 57.7 Å². The Balaban J connectivity index is 1.87. The zero-order valence-corrected chi connectivity index (χ0v) is 9.51. The fraction of sp³-hybridized carbons (Fsp3) is 1.00. The first-order chi connectivity index (χ1) is 6.73. The summed E-state index contributed by atoms with van der Waals surface area (Å²) < 4.78 is 6.26. The van der Waals surface area contributed by atoms with E-state index < -0.39 is 0 Å². The smallest absolute Gasteiger partial charge is 0.0905 e. The molecule has 0 amide bonds. The Morgan fingerprint density at radius 3 is 2.57 bits per heavy atom. The molecule has 2 rings (SSSR count). The highest BCUT2D eigenvalue weighted by Crippen LogP contribution is 2.32. The summed E-state index contributed by atoms with van der Waals surface area (Å²) in [5, 5.41) is 3.30. The number of hydrogen-bond acceptors (Lipinski definition) is 2. The van der Waals surface area contributed by atoms with Gasteiger partial charge in [0.25, 0.3) is 0 Å². The molecule has 0 bridgehead atoms. The lowest BCUT2D eigenvalue weighted by Gasteiger charge is -2.44. The average molecular weight is 197 g/mol. The molecule has 2 fully saturated rings. The van der Waals surface area contributed by atoms with Gasteiger partial charge in [0.15, 0.2) is 0 Å². The van der Waals surface area contributed by atoms with E-state index in [0.29, 0.717) is 6.10 Å². The van der Waals surface area contributed by atoms with E-state index >= 15 is 0 Å². The van der Waals surface area contributed by atoms with Crippen LogP contribution >= 0.6 is 0 Å². The topological polar surface area (TPSA) is 21.3 Å². The van der Waals surface area contributed by atoms with Gasteiger partial charge in [-0.3, -0.25) is 0 Å². The maximum atomic E-state index is 6.26. The standard InChI is InChI=1S/C12H23NO/c1-3-10-6-4-5-7-11(10)14-12(2)8-13-9-12/h10-11,13H,3-9H2,1-2H3. The van der Waals surface area contributed by atoms with Crippen LogP contribution in [0.4, 0.5) is 0 Å². The minimum atomic E-state index is 0.148. The summed E-state index contributed by atoms with van der Waals surface area (Å²) in [6, 6.07) is 0. The van der Waals surface area contributed by atoms with E-state index in [1.54, 1.807) is 0 Å². The maximum Gasteiger partial charge on any atom is 0.0905 e. The summed E-state index contributed by atoms with van der Waals surface area (Å²) in [6.07, 6.45) is 7.27. The Morgan fingerprint density at radius 1 is 1.29 bits per heavy atom. The van der Waals surface area contributed by atoms with Gasteiger partial charge in [0.2, 0.25) is 0 Å². The third-order valence-electron chi connectivity index (χ3n) is 3.80. The third kappa shape index (κ3) is 2.12. The molecule has 1 saturated heterocycles. The largest absolute Gasteiger partial charge is 0.369 e. The fourth-order valence-electron chi connectivity index (χ4n) is 2.72. The van der Waals surface area contributed by atoms with Gasteiger partial charge in [-0.05, 0) is 25.7 Å². The molecule has 2 heteroatoms. The van der Waals surface area contributed by atoms with Gasteiger partial charge < -0.3 is 10.1 Å². The van der Waals surface area contributed by atoms with Crippen LogP contribution in [0.15, 0.2) is 0 Å². The van der Waals surface area contributed by atoms with E-state index in [1.807, 2.05) is 0 Å². The average Bonchev–Trinajstić information content (AvgIpc) is 2.16. The van der Waals surface area contributed by atoms with Gasteiger partial charge in [0, 0.05) is 13.1 Å². The van der Waals surface area contributed by atoms with Crippen LogP contribution in [0.5, 0.6) is 0 Å². The van der Waals surface area contributed by atoms with Crippen LogP contribution < -0.4 is 5.32 Å². The summed E-state index contributed by atoms with van der Waals surface area (Å²) in [6.45, 7) is 6.62. The molecule has 2 nitrogen and oxygen atoms in total. The number of nitrogens with one attached hydrogen (secondary N) is 1. The second kappa shape index (κ2) is 4.19. The van der Waals surface area contributed by atoms with Crippen LogP contribution in [-0.4, -0.2) is 24.8 Å². The van der Waals surface area contributed by atoms with Gasteiger partial charge in [-0.2, -0.15) is 0 Å². The Kier molecular flexibility index (Phi) is 3.13. The number of ether oxygens (including phenoxy) is 1. The molecule has 1 aliphatic carbocycles. The van der Waals surface area contributed by atoms with E-state index in [2.05, 4.69) is 19.2 Å². The van der Waals surface area contributed by atoms with Crippen molar-refractivity contribution in [3.8, 4) is 0 Å². The van der Waals surface area contributed by atoms with Crippen LogP contribution in [0, 0.1) is 5.92 Å². The van der Waals surface area contributed by atoms with Gasteiger partial charge in [-0.15, -0.1) is 0 Å². The number of hydrogen-bond donors (Lipinski definition) is 1. The summed E-state index contributed by atoms with van der Waals surface area (Å²) in [4.78, 5) is 0. The highest BCUT2D eigenvalue weighted by molar-refractivity contribution is 4.92. The first kappa shape index (κ1) is 10.4. The summed E-state index contributed by atoms with van der Waals surface area (Å²) in [5.74, 6) is 0.821. The Morgan fingerprint density at radius 2 is 2.00 bits per heavy atom. The normalized spacial score (nSPS) is 36.4. The highest BCUT2D eigenvalue weighted by atomic mass is 16.5. The lowest BCUT2D eigenvalue weighted by Crippen LogP contribution is -2.60. The monoisotopic (exact) mass is 197 g/mol. The molecule has 0 aromatic rings. The van der Waals surface area contributed by atoms with Gasteiger partial charge in [-0.25, -0.2) is 0 Å². The molecule has 1 N–H and O–H groups in total. The molecular formula is C12H23NO. The van der Waals surface area contributed by atoms with Crippen LogP contribution in [0.1, 0.15) is 46.0 Å². The molecule has 0 spiro atoms. The quantitative estimate of drug-likeness (QED) is 0.750. The van der Waals surface area contributed by atoms with E-state index in [-0.39, 0.29) is 5.60 Å². The van der Waals surface area contributed by atoms with E-state index in [1.165, 1.54) is 32.1 Å². The van der Waals surface area contributed by atoms with Crippen molar-refractivity contribution in [3.63, 3.8) is 0 Å². The molecule has 2 atom stereocenters. The Labute approximate surface area is 87.4 Å². The van der Waals surface area contributed by atoms with Crippen molar-refractivity contribution in [2.75, 3.05) is 13.1 Å². The van der Waals surface area contributed by atoms with Gasteiger partial charge in [-0.1, -0.05) is 26.2 Å². The molecule has 1 saturated carbocycles. The summed E-state index contributed by atoms with van der Waals surface area (Å²) in [7, 11) is 0. The maximum absolute atomic E-state index is 6.26. The molecule has 0 aromatic heterocycles. The van der Waals surface area contributed by atoms with E-state index in [9.17, 15) is 0 Å². The lowest BCUT2D eigenvalue weighted by molar-refractivity contribution is -0.140. The minimum absolute atomic E-state index is 0.148. The molecule has 1 aliphatic heterocycles. The summed E-state index contributed by atoms with van der Waals surface area (Å²) in [5.41, 5.74) is 0.148. The zero-order chi connectivity index (χ0) is 10.0. The van der Waals surface area contributed by atoms with Crippen LogP contribution in [0.3, 0.4) is 0 Å². The van der Waals surface area contributed by atoms with Crippen molar-refractivity contribution < 1.29 is 4.74 Å². The Hall–Kier alpha value is -0.0800. The van der Waals surface area contributed by atoms with Crippen molar-refractivity contribution in [1.82, 2.24) is 5.32 Å². The first-order valence-electron chi connectivity index (χ1n) is 6.12. The molecule has 1 heterocycles. The van der Waals surface area contributed by atoms with Gasteiger partial charge >= 0.3 is 0 Å². The predicted octanol–water partition coefficient (Wildman–Crippen LogP) is 2.33. The second-order valence-electron chi connectivity index (χ2n) is 5.16. The van der Waals surface area contributed by atoms with Crippen LogP contribution in [0.25, 0.3) is 0 Å². The molecule has 14 heavy (non-hydrogen) atoms. The molecule has 2 aliphatic rings. The third-order valence-corrected chi connectivity index (χ3v) is 3.80. The molecule has 0 radical (unpaired) electrons. The predicted molar refractivity (Wildman–Crippen MR) is 58.4 cm³/mol. The van der Waals surface area contributed by atoms with Crippen LogP contribution in [-0.2, 0) is 4.74 Å². The van der Waals surface area contributed by atoms with Gasteiger partial charge in [0.1, 0.15) is 0 Å². The van der Waals surface area contributed by atoms with Crippen molar-refractivity contribution in [2.24, 2.45) is 5.92 Å². The molecule has 0 aromatic carbocycles. The zero-order valence-electron chi connectivity index (χ0n) is 9.51. The highest BCUT2D eigenvalue weighted by Gasteiger charge is 2.37. The molecule has 2 unspecified atom stereocenters. The first-order valence-corrected chi connectivity index (χ1v) is 6.12. The van der Waals surface area contributed by atoms with Crippen molar-refractivity contribution in [1.29, 1.82) is 0 Å². The SMILES string of the molecule is CCC1CCCCC1OC1(C)CNC1. The molecule has 82 valence electrons. The summed E-state index contributed by atoms with van der Waals surface area (Å²) >= 11 is 0. The van der Waals surface area contributed by atoms with Gasteiger partial charge in [0.05, 0.1) is 11.7 Å². The van der Waals surface area contributed by atoms with Crippen molar-refractivity contribution in [3.05, 3.63) is 0 Å².